The van der Waals surface area contributed by atoms with Crippen LogP contribution in [0.4, 0.5) is 0 Å². The molecule has 1 aromatic heterocycles. The maximum atomic E-state index is 11.5. The van der Waals surface area contributed by atoms with Crippen molar-refractivity contribution in [1.29, 1.82) is 0 Å². The fraction of sp³-hybridized carbons (Fsp3) is 0.722. The van der Waals surface area contributed by atoms with Crippen molar-refractivity contribution in [2.45, 2.75) is 64.8 Å². The van der Waals surface area contributed by atoms with Crippen LogP contribution in [0.25, 0.3) is 0 Å². The van der Waals surface area contributed by atoms with Gasteiger partial charge in [0, 0.05) is 15.8 Å². The Bertz CT molecular complexity index is 527. The Morgan fingerprint density at radius 2 is 1.86 bits per heavy atom. The van der Waals surface area contributed by atoms with Crippen molar-refractivity contribution in [2.75, 3.05) is 14.1 Å². The second kappa shape index (κ2) is 7.14. The average molecular weight is 324 g/mol. The van der Waals surface area contributed by atoms with Gasteiger partial charge in [0.05, 0.1) is 5.56 Å². The van der Waals surface area contributed by atoms with E-state index in [-0.39, 0.29) is 0 Å². The molecule has 0 amide bonds. The first kappa shape index (κ1) is 17.5. The number of carbonyl (C=O) groups is 1. The first-order chi connectivity index (χ1) is 10.4. The van der Waals surface area contributed by atoms with E-state index in [4.69, 9.17) is 0 Å². The molecule has 0 spiro atoms. The quantitative estimate of drug-likeness (QED) is 0.855. The number of hydrogen-bond acceptors (Lipinski definition) is 3. The molecule has 1 unspecified atom stereocenters. The monoisotopic (exact) mass is 323 g/mol. The van der Waals surface area contributed by atoms with Gasteiger partial charge >= 0.3 is 5.97 Å². The lowest BCUT2D eigenvalue weighted by Crippen LogP contribution is -2.33. The lowest BCUT2D eigenvalue weighted by atomic mass is 9.75. The zero-order valence-corrected chi connectivity index (χ0v) is 15.3. The number of hydrogen-bond donors (Lipinski definition) is 1. The van der Waals surface area contributed by atoms with Crippen LogP contribution < -0.4 is 0 Å². The lowest BCUT2D eigenvalue weighted by Gasteiger charge is -2.36. The van der Waals surface area contributed by atoms with Gasteiger partial charge in [-0.05, 0) is 77.4 Å². The van der Waals surface area contributed by atoms with E-state index in [0.717, 1.165) is 22.9 Å². The van der Waals surface area contributed by atoms with Crippen LogP contribution in [0.15, 0.2) is 0 Å². The molecule has 1 N–H and O–H groups in total. The van der Waals surface area contributed by atoms with E-state index in [2.05, 4.69) is 25.9 Å². The molecule has 3 nitrogen and oxygen atoms in total. The van der Waals surface area contributed by atoms with E-state index in [0.29, 0.717) is 17.4 Å². The Labute approximate surface area is 138 Å². The zero-order valence-electron chi connectivity index (χ0n) is 14.5. The number of nitrogens with zero attached hydrogens (tertiary/aromatic N) is 1. The summed E-state index contributed by atoms with van der Waals surface area (Å²) in [5, 5.41) is 9.42. The molecule has 0 saturated heterocycles. The van der Waals surface area contributed by atoms with E-state index in [1.807, 2.05) is 13.8 Å². The second-order valence-corrected chi connectivity index (χ2v) is 8.13. The number of thiophene rings is 1. The average Bonchev–Trinajstić information content (AvgIpc) is 2.75. The van der Waals surface area contributed by atoms with Gasteiger partial charge in [-0.1, -0.05) is 6.92 Å². The molecule has 4 heteroatoms. The summed E-state index contributed by atoms with van der Waals surface area (Å²) < 4.78 is 0. The highest BCUT2D eigenvalue weighted by Gasteiger charge is 2.31. The van der Waals surface area contributed by atoms with Gasteiger partial charge in [0.15, 0.2) is 0 Å². The molecule has 1 atom stereocenters. The van der Waals surface area contributed by atoms with E-state index < -0.39 is 5.97 Å². The molecular weight excluding hydrogens is 294 g/mol. The lowest BCUT2D eigenvalue weighted by molar-refractivity contribution is 0.0696. The van der Waals surface area contributed by atoms with Crippen molar-refractivity contribution in [3.63, 3.8) is 0 Å². The first-order valence-corrected chi connectivity index (χ1v) is 9.18. The van der Waals surface area contributed by atoms with Gasteiger partial charge in [0.1, 0.15) is 0 Å². The Kier molecular flexibility index (Phi) is 5.67. The predicted molar refractivity (Wildman–Crippen MR) is 93.2 cm³/mol. The number of carboxylic acid groups (broad SMARTS) is 1. The highest BCUT2D eigenvalue weighted by molar-refractivity contribution is 7.12. The third kappa shape index (κ3) is 3.38. The van der Waals surface area contributed by atoms with Crippen LogP contribution in [-0.4, -0.2) is 36.1 Å². The minimum atomic E-state index is -0.774. The summed E-state index contributed by atoms with van der Waals surface area (Å²) in [5.74, 6) is 0.461. The van der Waals surface area contributed by atoms with Crippen molar-refractivity contribution >= 4 is 17.3 Å². The molecule has 2 rings (SSSR count). The van der Waals surface area contributed by atoms with Gasteiger partial charge in [-0.25, -0.2) is 4.79 Å². The molecule has 1 aliphatic carbocycles. The molecule has 22 heavy (non-hydrogen) atoms. The summed E-state index contributed by atoms with van der Waals surface area (Å²) in [7, 11) is 4.35. The third-order valence-corrected chi connectivity index (χ3v) is 6.73. The third-order valence-electron chi connectivity index (χ3n) is 5.39. The zero-order chi connectivity index (χ0) is 16.4. The fourth-order valence-corrected chi connectivity index (χ4v) is 5.54. The SMILES string of the molecule is CCC(c1sc(C)c(C(=O)O)c1C)C1CCC(N(C)C)CC1. The van der Waals surface area contributed by atoms with Crippen LogP contribution in [-0.2, 0) is 0 Å². The molecule has 1 fully saturated rings. The summed E-state index contributed by atoms with van der Waals surface area (Å²) in [5.41, 5.74) is 1.55. The summed E-state index contributed by atoms with van der Waals surface area (Å²) >= 11 is 1.71. The van der Waals surface area contributed by atoms with Crippen LogP contribution in [0.5, 0.6) is 0 Å². The van der Waals surface area contributed by atoms with Crippen molar-refractivity contribution in [1.82, 2.24) is 4.90 Å². The Morgan fingerprint density at radius 3 is 2.27 bits per heavy atom. The number of aryl methyl sites for hydroxylation is 1. The molecule has 0 bridgehead atoms. The molecule has 124 valence electrons. The maximum Gasteiger partial charge on any atom is 0.337 e. The van der Waals surface area contributed by atoms with E-state index in [1.54, 1.807) is 11.3 Å². The fourth-order valence-electron chi connectivity index (χ4n) is 4.10. The normalized spacial score (nSPS) is 23.7. The van der Waals surface area contributed by atoms with Gasteiger partial charge in [0.2, 0.25) is 0 Å². The summed E-state index contributed by atoms with van der Waals surface area (Å²) in [6.07, 6.45) is 6.17. The van der Waals surface area contributed by atoms with Crippen molar-refractivity contribution in [3.05, 3.63) is 20.9 Å². The van der Waals surface area contributed by atoms with Gasteiger partial charge in [-0.3, -0.25) is 0 Å². The maximum absolute atomic E-state index is 11.5. The van der Waals surface area contributed by atoms with Gasteiger partial charge < -0.3 is 10.0 Å². The molecule has 1 saturated carbocycles. The van der Waals surface area contributed by atoms with Crippen LogP contribution in [0.3, 0.4) is 0 Å². The first-order valence-electron chi connectivity index (χ1n) is 8.36. The number of rotatable bonds is 5. The van der Waals surface area contributed by atoms with Crippen molar-refractivity contribution in [2.24, 2.45) is 5.92 Å². The van der Waals surface area contributed by atoms with Gasteiger partial charge in [-0.15, -0.1) is 11.3 Å². The predicted octanol–water partition coefficient (Wildman–Crippen LogP) is 4.68. The summed E-state index contributed by atoms with van der Waals surface area (Å²) in [6, 6.07) is 0.717. The highest BCUT2D eigenvalue weighted by Crippen LogP contribution is 2.44. The summed E-state index contributed by atoms with van der Waals surface area (Å²) in [4.78, 5) is 16.1. The minimum absolute atomic E-state index is 0.528. The van der Waals surface area contributed by atoms with Gasteiger partial charge in [0.25, 0.3) is 0 Å². The standard InChI is InChI=1S/C18H29NO2S/c1-6-15(13-7-9-14(10-8-13)19(4)5)17-11(2)16(18(20)21)12(3)22-17/h13-15H,6-10H2,1-5H3,(H,20,21). The van der Waals surface area contributed by atoms with Crippen molar-refractivity contribution in [3.8, 4) is 0 Å². The topological polar surface area (TPSA) is 40.5 Å². The largest absolute Gasteiger partial charge is 0.478 e. The van der Waals surface area contributed by atoms with E-state index in [1.165, 1.54) is 30.6 Å². The minimum Gasteiger partial charge on any atom is -0.478 e. The Morgan fingerprint density at radius 1 is 1.27 bits per heavy atom. The van der Waals surface area contributed by atoms with Crippen molar-refractivity contribution < 1.29 is 9.90 Å². The molecule has 0 aliphatic heterocycles. The van der Waals surface area contributed by atoms with Crippen LogP contribution in [0.2, 0.25) is 0 Å². The van der Waals surface area contributed by atoms with Crippen LogP contribution >= 0.6 is 11.3 Å². The summed E-state index contributed by atoms with van der Waals surface area (Å²) in [6.45, 7) is 6.19. The second-order valence-electron chi connectivity index (χ2n) is 6.87. The number of aromatic carboxylic acids is 1. The molecule has 1 heterocycles. The Hall–Kier alpha value is -0.870. The molecular formula is C18H29NO2S. The molecule has 1 aromatic rings. The smallest absolute Gasteiger partial charge is 0.337 e. The number of carboxylic acids is 1. The highest BCUT2D eigenvalue weighted by atomic mass is 32.1. The van der Waals surface area contributed by atoms with E-state index in [9.17, 15) is 9.90 Å². The van der Waals surface area contributed by atoms with E-state index >= 15 is 0 Å². The molecule has 1 aliphatic rings. The molecule has 0 aromatic carbocycles. The van der Waals surface area contributed by atoms with Crippen LogP contribution in [0, 0.1) is 19.8 Å². The Balaban J connectivity index is 2.20. The van der Waals surface area contributed by atoms with Crippen LogP contribution in [0.1, 0.15) is 70.6 Å². The molecule has 0 radical (unpaired) electrons. The van der Waals surface area contributed by atoms with Gasteiger partial charge in [-0.2, -0.15) is 0 Å².